The number of hydrogen-bond donors (Lipinski definition) is 2. The summed E-state index contributed by atoms with van der Waals surface area (Å²) in [6.07, 6.45) is 0. The maximum absolute atomic E-state index is 11.4. The first-order valence-corrected chi connectivity index (χ1v) is 6.58. The monoisotopic (exact) mass is 240 g/mol. The highest BCUT2D eigenvalue weighted by Gasteiger charge is 2.06. The summed E-state index contributed by atoms with van der Waals surface area (Å²) in [4.78, 5) is 11.4. The summed E-state index contributed by atoms with van der Waals surface area (Å²) in [5.74, 6) is 0.314. The number of anilines is 1. The molecule has 4 nitrogen and oxygen atoms in total. The van der Waals surface area contributed by atoms with Crippen molar-refractivity contribution in [1.29, 1.82) is 0 Å². The van der Waals surface area contributed by atoms with Crippen LogP contribution in [0.4, 0.5) is 5.69 Å². The van der Waals surface area contributed by atoms with E-state index in [4.69, 9.17) is 5.73 Å². The van der Waals surface area contributed by atoms with Crippen LogP contribution in [-0.2, 0) is 22.1 Å². The Kier molecular flexibility index (Phi) is 5.14. The molecule has 0 aliphatic heterocycles. The number of carbonyl (C=O) groups is 1. The number of benzene rings is 1. The normalized spacial score (nSPS) is 12.1. The second-order valence-corrected chi connectivity index (χ2v) is 5.07. The average Bonchev–Trinajstić information content (AvgIpc) is 2.28. The molecular formula is C11H16N2O2S. The molecule has 0 spiro atoms. The third-order valence-corrected chi connectivity index (χ3v) is 3.29. The summed E-state index contributed by atoms with van der Waals surface area (Å²) in [6, 6.07) is 7.31. The van der Waals surface area contributed by atoms with Crippen molar-refractivity contribution in [3.63, 3.8) is 0 Å². The molecule has 0 radical (unpaired) electrons. The lowest BCUT2D eigenvalue weighted by Gasteiger charge is -2.05. The van der Waals surface area contributed by atoms with E-state index in [1.54, 1.807) is 13.0 Å². The van der Waals surface area contributed by atoms with Crippen LogP contribution in [0.2, 0.25) is 0 Å². The van der Waals surface area contributed by atoms with Gasteiger partial charge in [-0.3, -0.25) is 9.00 Å². The molecule has 1 unspecified atom stereocenters. The van der Waals surface area contributed by atoms with Crippen molar-refractivity contribution in [3.8, 4) is 0 Å². The number of rotatable bonds is 5. The summed E-state index contributed by atoms with van der Waals surface area (Å²) in [6.45, 7) is 2.23. The zero-order chi connectivity index (χ0) is 12.0. The first-order valence-electron chi connectivity index (χ1n) is 5.09. The number of nitrogens with one attached hydrogen (secondary N) is 1. The molecule has 1 rings (SSSR count). The van der Waals surface area contributed by atoms with E-state index in [1.807, 2.05) is 18.2 Å². The summed E-state index contributed by atoms with van der Waals surface area (Å²) in [5.41, 5.74) is 7.14. The fourth-order valence-corrected chi connectivity index (χ4v) is 1.79. The highest BCUT2D eigenvalue weighted by atomic mass is 32.2. The van der Waals surface area contributed by atoms with Crippen molar-refractivity contribution in [3.05, 3.63) is 29.8 Å². The van der Waals surface area contributed by atoms with Crippen LogP contribution in [0.3, 0.4) is 0 Å². The topological polar surface area (TPSA) is 72.2 Å². The van der Waals surface area contributed by atoms with Crippen LogP contribution in [0.1, 0.15) is 12.5 Å². The smallest absolute Gasteiger partial charge is 0.236 e. The first kappa shape index (κ1) is 12.9. The molecule has 1 aromatic carbocycles. The molecule has 1 aromatic rings. The van der Waals surface area contributed by atoms with E-state index in [9.17, 15) is 9.00 Å². The van der Waals surface area contributed by atoms with E-state index in [1.165, 1.54) is 0 Å². The predicted octanol–water partition coefficient (Wildman–Crippen LogP) is 0.852. The molecule has 0 saturated carbocycles. The van der Waals surface area contributed by atoms with Gasteiger partial charge in [-0.25, -0.2) is 0 Å². The second kappa shape index (κ2) is 6.40. The van der Waals surface area contributed by atoms with Crippen molar-refractivity contribution in [1.82, 2.24) is 0 Å². The van der Waals surface area contributed by atoms with Crippen LogP contribution >= 0.6 is 0 Å². The van der Waals surface area contributed by atoms with Gasteiger partial charge in [0.2, 0.25) is 5.91 Å². The van der Waals surface area contributed by atoms with Gasteiger partial charge in [-0.2, -0.15) is 0 Å². The van der Waals surface area contributed by atoms with Crippen LogP contribution in [0.25, 0.3) is 0 Å². The Morgan fingerprint density at radius 1 is 1.50 bits per heavy atom. The van der Waals surface area contributed by atoms with Gasteiger partial charge in [0.25, 0.3) is 0 Å². The Bertz CT molecular complexity index is 393. The van der Waals surface area contributed by atoms with Crippen molar-refractivity contribution >= 4 is 22.4 Å². The minimum atomic E-state index is -1.07. The van der Waals surface area contributed by atoms with E-state index < -0.39 is 10.8 Å². The molecule has 1 atom stereocenters. The summed E-state index contributed by atoms with van der Waals surface area (Å²) < 4.78 is 11.2. The highest BCUT2D eigenvalue weighted by molar-refractivity contribution is 7.85. The van der Waals surface area contributed by atoms with E-state index in [2.05, 4.69) is 5.32 Å². The lowest BCUT2D eigenvalue weighted by Crippen LogP contribution is -2.20. The lowest BCUT2D eigenvalue weighted by molar-refractivity contribution is -0.113. The minimum Gasteiger partial charge on any atom is -0.326 e. The number of hydrogen-bond acceptors (Lipinski definition) is 3. The van der Waals surface area contributed by atoms with Gasteiger partial charge in [-0.15, -0.1) is 0 Å². The zero-order valence-corrected chi connectivity index (χ0v) is 10.0. The van der Waals surface area contributed by atoms with Gasteiger partial charge < -0.3 is 11.1 Å². The van der Waals surface area contributed by atoms with Crippen LogP contribution < -0.4 is 11.1 Å². The van der Waals surface area contributed by atoms with Crippen molar-refractivity contribution in [2.24, 2.45) is 5.73 Å². The molecule has 0 aromatic heterocycles. The Hall–Kier alpha value is -1.20. The Morgan fingerprint density at radius 2 is 2.25 bits per heavy atom. The second-order valence-electron chi connectivity index (χ2n) is 3.33. The maximum Gasteiger partial charge on any atom is 0.236 e. The number of carbonyl (C=O) groups excluding carboxylic acids is 1. The number of amides is 1. The molecular weight excluding hydrogens is 224 g/mol. The van der Waals surface area contributed by atoms with Gasteiger partial charge in [0.15, 0.2) is 0 Å². The fourth-order valence-electron chi connectivity index (χ4n) is 1.22. The SMILES string of the molecule is CCS(=O)CC(=O)Nc1cccc(CN)c1. The van der Waals surface area contributed by atoms with Gasteiger partial charge in [0.05, 0.1) is 0 Å². The quantitative estimate of drug-likeness (QED) is 0.801. The molecule has 0 saturated heterocycles. The summed E-state index contributed by atoms with van der Waals surface area (Å²) in [7, 11) is -1.07. The maximum atomic E-state index is 11.4. The molecule has 1 amide bonds. The van der Waals surface area contributed by atoms with Crippen LogP contribution in [0.15, 0.2) is 24.3 Å². The van der Waals surface area contributed by atoms with Gasteiger partial charge in [-0.05, 0) is 17.7 Å². The van der Waals surface area contributed by atoms with Crippen LogP contribution in [-0.4, -0.2) is 21.6 Å². The fraction of sp³-hybridized carbons (Fsp3) is 0.364. The van der Waals surface area contributed by atoms with E-state index in [-0.39, 0.29) is 11.7 Å². The Balaban J connectivity index is 2.59. The van der Waals surface area contributed by atoms with Crippen molar-refractivity contribution < 1.29 is 9.00 Å². The molecule has 88 valence electrons. The largest absolute Gasteiger partial charge is 0.326 e. The van der Waals surface area contributed by atoms with Gasteiger partial charge in [0, 0.05) is 28.8 Å². The molecule has 0 fully saturated rings. The molecule has 0 heterocycles. The Morgan fingerprint density at radius 3 is 2.88 bits per heavy atom. The molecule has 0 bridgehead atoms. The van der Waals surface area contributed by atoms with Crippen molar-refractivity contribution in [2.45, 2.75) is 13.5 Å². The third kappa shape index (κ3) is 4.12. The molecule has 0 aliphatic carbocycles. The summed E-state index contributed by atoms with van der Waals surface area (Å²) in [5, 5.41) is 2.69. The number of nitrogens with two attached hydrogens (primary N) is 1. The standard InChI is InChI=1S/C11H16N2O2S/c1-2-16(15)8-11(14)13-10-5-3-4-9(6-10)7-12/h3-6H,2,7-8,12H2,1H3,(H,13,14). The summed E-state index contributed by atoms with van der Waals surface area (Å²) >= 11 is 0. The molecule has 16 heavy (non-hydrogen) atoms. The van der Waals surface area contributed by atoms with Gasteiger partial charge in [-0.1, -0.05) is 19.1 Å². The molecule has 0 aliphatic rings. The van der Waals surface area contributed by atoms with Crippen LogP contribution in [0, 0.1) is 0 Å². The van der Waals surface area contributed by atoms with E-state index in [0.29, 0.717) is 18.0 Å². The molecule has 5 heteroatoms. The van der Waals surface area contributed by atoms with Gasteiger partial charge >= 0.3 is 0 Å². The van der Waals surface area contributed by atoms with Gasteiger partial charge in [0.1, 0.15) is 5.75 Å². The average molecular weight is 240 g/mol. The van der Waals surface area contributed by atoms with Crippen molar-refractivity contribution in [2.75, 3.05) is 16.8 Å². The zero-order valence-electron chi connectivity index (χ0n) is 9.23. The highest BCUT2D eigenvalue weighted by Crippen LogP contribution is 2.09. The first-order chi connectivity index (χ1) is 7.65. The Labute approximate surface area is 97.7 Å². The lowest BCUT2D eigenvalue weighted by atomic mass is 10.2. The minimum absolute atomic E-state index is 0.0450. The third-order valence-electron chi connectivity index (χ3n) is 2.06. The van der Waals surface area contributed by atoms with E-state index in [0.717, 1.165) is 5.56 Å². The predicted molar refractivity (Wildman–Crippen MR) is 66.5 cm³/mol. The van der Waals surface area contributed by atoms with E-state index >= 15 is 0 Å². The van der Waals surface area contributed by atoms with Crippen LogP contribution in [0.5, 0.6) is 0 Å². The molecule has 3 N–H and O–H groups in total.